The van der Waals surface area contributed by atoms with Crippen molar-refractivity contribution in [3.63, 3.8) is 0 Å². The van der Waals surface area contributed by atoms with Crippen LogP contribution in [0.15, 0.2) is 42.0 Å². The summed E-state index contributed by atoms with van der Waals surface area (Å²) in [4.78, 5) is 20.8. The second-order valence-corrected chi connectivity index (χ2v) is 6.87. The first-order chi connectivity index (χ1) is 12.7. The van der Waals surface area contributed by atoms with Gasteiger partial charge < -0.3 is 14.8 Å². The molecule has 0 radical (unpaired) electrons. The minimum Gasteiger partial charge on any atom is -0.486 e. The number of carbonyl (C=O) groups is 1. The molecule has 1 aliphatic heterocycles. The molecule has 0 fully saturated rings. The lowest BCUT2D eigenvalue weighted by Gasteiger charge is -2.20. The van der Waals surface area contributed by atoms with Crippen LogP contribution >= 0.6 is 22.9 Å². The van der Waals surface area contributed by atoms with Gasteiger partial charge in [-0.15, -0.1) is 11.3 Å². The number of thiazole rings is 1. The molecule has 1 N–H and O–H groups in total. The fourth-order valence-electron chi connectivity index (χ4n) is 2.59. The number of nitrogens with zero attached hydrogens (tertiary/aromatic N) is 2. The van der Waals surface area contributed by atoms with Crippen LogP contribution in [-0.4, -0.2) is 29.1 Å². The van der Waals surface area contributed by atoms with Crippen molar-refractivity contribution in [2.75, 3.05) is 18.5 Å². The van der Waals surface area contributed by atoms with E-state index < -0.39 is 0 Å². The molecule has 1 aromatic carbocycles. The number of anilines is 1. The first-order valence-corrected chi connectivity index (χ1v) is 9.18. The van der Waals surface area contributed by atoms with E-state index in [0.717, 1.165) is 16.8 Å². The van der Waals surface area contributed by atoms with Crippen LogP contribution in [0.4, 0.5) is 5.13 Å². The van der Waals surface area contributed by atoms with Crippen LogP contribution in [-0.2, 0) is 11.2 Å². The van der Waals surface area contributed by atoms with Gasteiger partial charge in [0.25, 0.3) is 0 Å². The summed E-state index contributed by atoms with van der Waals surface area (Å²) in [6.07, 6.45) is 3.60. The zero-order chi connectivity index (χ0) is 17.9. The van der Waals surface area contributed by atoms with Crippen molar-refractivity contribution in [3.05, 3.63) is 52.6 Å². The van der Waals surface area contributed by atoms with Crippen molar-refractivity contribution < 1.29 is 14.3 Å². The number of pyridine rings is 1. The summed E-state index contributed by atoms with van der Waals surface area (Å²) in [5.41, 5.74) is 2.43. The van der Waals surface area contributed by atoms with Gasteiger partial charge in [-0.3, -0.25) is 9.78 Å². The number of benzene rings is 1. The third-order valence-corrected chi connectivity index (χ3v) is 4.77. The first kappa shape index (κ1) is 16.8. The lowest BCUT2D eigenvalue weighted by molar-refractivity contribution is -0.115. The first-order valence-electron chi connectivity index (χ1n) is 7.93. The maximum Gasteiger partial charge on any atom is 0.230 e. The van der Waals surface area contributed by atoms with Gasteiger partial charge in [0, 0.05) is 23.3 Å². The van der Waals surface area contributed by atoms with E-state index in [1.54, 1.807) is 24.5 Å². The molecule has 6 nitrogen and oxygen atoms in total. The molecule has 0 saturated heterocycles. The van der Waals surface area contributed by atoms with Gasteiger partial charge in [-0.2, -0.15) is 0 Å². The number of amides is 1. The molecule has 3 heterocycles. The molecule has 8 heteroatoms. The summed E-state index contributed by atoms with van der Waals surface area (Å²) in [7, 11) is 0. The smallest absolute Gasteiger partial charge is 0.230 e. The maximum atomic E-state index is 12.3. The number of ether oxygens (including phenoxy) is 2. The molecule has 0 spiro atoms. The van der Waals surface area contributed by atoms with Gasteiger partial charge in [0.15, 0.2) is 16.6 Å². The van der Waals surface area contributed by atoms with Crippen molar-refractivity contribution in [3.8, 4) is 22.8 Å². The predicted molar refractivity (Wildman–Crippen MR) is 100 cm³/mol. The number of hydrogen-bond donors (Lipinski definition) is 1. The Kier molecular flexibility index (Phi) is 4.73. The highest BCUT2D eigenvalue weighted by Crippen LogP contribution is 2.38. The molecule has 0 bridgehead atoms. The Morgan fingerprint density at radius 2 is 2.19 bits per heavy atom. The number of carbonyl (C=O) groups excluding carboxylic acids is 1. The van der Waals surface area contributed by atoms with E-state index >= 15 is 0 Å². The lowest BCUT2D eigenvalue weighted by atomic mass is 10.1. The SMILES string of the molecule is O=C(Cc1cc(Cl)c2c(c1)OCCO2)Nc1nc(-c2cccnc2)cs1. The van der Waals surface area contributed by atoms with Crippen LogP contribution in [0.2, 0.25) is 5.02 Å². The monoisotopic (exact) mass is 387 g/mol. The molecular formula is C18H14ClN3O3S. The minimum absolute atomic E-state index is 0.165. The molecule has 2 aromatic heterocycles. The topological polar surface area (TPSA) is 73.3 Å². The van der Waals surface area contributed by atoms with E-state index in [1.165, 1.54) is 11.3 Å². The fraction of sp³-hybridized carbons (Fsp3) is 0.167. The Hall–Kier alpha value is -2.64. The molecule has 132 valence electrons. The predicted octanol–water partition coefficient (Wildman–Crippen LogP) is 3.81. The van der Waals surface area contributed by atoms with Gasteiger partial charge >= 0.3 is 0 Å². The molecule has 0 unspecified atom stereocenters. The summed E-state index contributed by atoms with van der Waals surface area (Å²) in [5.74, 6) is 0.924. The van der Waals surface area contributed by atoms with E-state index in [4.69, 9.17) is 21.1 Å². The molecule has 4 rings (SSSR count). The summed E-state index contributed by atoms with van der Waals surface area (Å²) in [6, 6.07) is 7.27. The van der Waals surface area contributed by atoms with Gasteiger partial charge in [0.2, 0.25) is 5.91 Å². The Morgan fingerprint density at radius 3 is 3.04 bits per heavy atom. The molecule has 0 saturated carbocycles. The number of rotatable bonds is 4. The van der Waals surface area contributed by atoms with Crippen LogP contribution in [0, 0.1) is 0 Å². The van der Waals surface area contributed by atoms with Gasteiger partial charge in [0.1, 0.15) is 13.2 Å². The van der Waals surface area contributed by atoms with Gasteiger partial charge in [0.05, 0.1) is 17.1 Å². The normalized spacial score (nSPS) is 12.7. The van der Waals surface area contributed by atoms with E-state index in [-0.39, 0.29) is 12.3 Å². The Labute approximate surface area is 158 Å². The number of hydrogen-bond acceptors (Lipinski definition) is 6. The summed E-state index contributed by atoms with van der Waals surface area (Å²) >= 11 is 7.58. The third kappa shape index (κ3) is 3.63. The Balaban J connectivity index is 1.45. The largest absolute Gasteiger partial charge is 0.486 e. The Morgan fingerprint density at radius 1 is 1.31 bits per heavy atom. The van der Waals surface area contributed by atoms with Gasteiger partial charge in [-0.05, 0) is 29.8 Å². The summed E-state index contributed by atoms with van der Waals surface area (Å²) in [6.45, 7) is 0.936. The van der Waals surface area contributed by atoms with Crippen molar-refractivity contribution in [1.82, 2.24) is 9.97 Å². The standard InChI is InChI=1S/C18H14ClN3O3S/c19-13-6-11(7-15-17(13)25-5-4-24-15)8-16(23)22-18-21-14(10-26-18)12-2-1-3-20-9-12/h1-3,6-7,9-10H,4-5,8H2,(H,21,22,23). The van der Waals surface area contributed by atoms with E-state index in [2.05, 4.69) is 15.3 Å². The second kappa shape index (κ2) is 7.31. The molecule has 1 amide bonds. The number of fused-ring (bicyclic) bond motifs is 1. The van der Waals surface area contributed by atoms with Crippen LogP contribution in [0.3, 0.4) is 0 Å². The zero-order valence-electron chi connectivity index (χ0n) is 13.6. The molecule has 0 aliphatic carbocycles. The average molecular weight is 388 g/mol. The number of halogens is 1. The fourth-order valence-corrected chi connectivity index (χ4v) is 3.62. The van der Waals surface area contributed by atoms with Crippen LogP contribution < -0.4 is 14.8 Å². The quantitative estimate of drug-likeness (QED) is 0.736. The van der Waals surface area contributed by atoms with E-state index in [1.807, 2.05) is 17.5 Å². The minimum atomic E-state index is -0.176. The van der Waals surface area contributed by atoms with Crippen LogP contribution in [0.5, 0.6) is 11.5 Å². The molecular weight excluding hydrogens is 374 g/mol. The summed E-state index contributed by atoms with van der Waals surface area (Å²) < 4.78 is 11.0. The lowest BCUT2D eigenvalue weighted by Crippen LogP contribution is -2.17. The van der Waals surface area contributed by atoms with E-state index in [9.17, 15) is 4.79 Å². The van der Waals surface area contributed by atoms with E-state index in [0.29, 0.717) is 34.9 Å². The summed E-state index contributed by atoms with van der Waals surface area (Å²) in [5, 5.41) is 5.68. The van der Waals surface area contributed by atoms with Crippen molar-refractivity contribution in [2.45, 2.75) is 6.42 Å². The molecule has 0 atom stereocenters. The van der Waals surface area contributed by atoms with Crippen LogP contribution in [0.25, 0.3) is 11.3 Å². The third-order valence-electron chi connectivity index (χ3n) is 3.73. The highest BCUT2D eigenvalue weighted by Gasteiger charge is 2.18. The van der Waals surface area contributed by atoms with Crippen LogP contribution in [0.1, 0.15) is 5.56 Å². The highest BCUT2D eigenvalue weighted by atomic mass is 35.5. The second-order valence-electron chi connectivity index (χ2n) is 5.61. The van der Waals surface area contributed by atoms with Gasteiger partial charge in [-0.1, -0.05) is 11.6 Å². The van der Waals surface area contributed by atoms with Crippen molar-refractivity contribution in [1.29, 1.82) is 0 Å². The number of aromatic nitrogens is 2. The molecule has 3 aromatic rings. The average Bonchev–Trinajstić information content (AvgIpc) is 3.11. The molecule has 1 aliphatic rings. The van der Waals surface area contributed by atoms with Gasteiger partial charge in [-0.25, -0.2) is 4.98 Å². The zero-order valence-corrected chi connectivity index (χ0v) is 15.1. The van der Waals surface area contributed by atoms with Crippen molar-refractivity contribution >= 4 is 34.0 Å². The maximum absolute atomic E-state index is 12.3. The number of nitrogens with one attached hydrogen (secondary N) is 1. The Bertz CT molecular complexity index is 946. The van der Waals surface area contributed by atoms with Crippen molar-refractivity contribution in [2.24, 2.45) is 0 Å². The highest BCUT2D eigenvalue weighted by molar-refractivity contribution is 7.14. The molecule has 26 heavy (non-hydrogen) atoms.